The van der Waals surface area contributed by atoms with Crippen molar-refractivity contribution in [3.05, 3.63) is 0 Å². The predicted molar refractivity (Wildman–Crippen MR) is 49.2 cm³/mol. The SMILES string of the molecule is CCN1C(=O)[C@@H](C)N(C(C)C)C1=O. The summed E-state index contributed by atoms with van der Waals surface area (Å²) in [6, 6.07) is -0.370. The first-order valence-corrected chi connectivity index (χ1v) is 4.64. The molecule has 0 spiro atoms. The molecule has 4 nitrogen and oxygen atoms in total. The third-order valence-corrected chi connectivity index (χ3v) is 2.37. The minimum atomic E-state index is -0.299. The van der Waals surface area contributed by atoms with E-state index in [0.29, 0.717) is 6.54 Å². The summed E-state index contributed by atoms with van der Waals surface area (Å²) in [5.41, 5.74) is 0. The second-order valence-electron chi connectivity index (χ2n) is 3.54. The van der Waals surface area contributed by atoms with E-state index in [0.717, 1.165) is 0 Å². The van der Waals surface area contributed by atoms with Crippen molar-refractivity contribution in [3.63, 3.8) is 0 Å². The van der Waals surface area contributed by atoms with Crippen LogP contribution in [0.3, 0.4) is 0 Å². The summed E-state index contributed by atoms with van der Waals surface area (Å²) in [5.74, 6) is -0.0822. The van der Waals surface area contributed by atoms with E-state index >= 15 is 0 Å². The molecule has 1 fully saturated rings. The van der Waals surface area contributed by atoms with Gasteiger partial charge in [0, 0.05) is 12.6 Å². The molecule has 0 saturated carbocycles. The summed E-state index contributed by atoms with van der Waals surface area (Å²) in [7, 11) is 0. The summed E-state index contributed by atoms with van der Waals surface area (Å²) in [6.45, 7) is 7.88. The van der Waals surface area contributed by atoms with Gasteiger partial charge in [0.05, 0.1) is 0 Å². The minimum Gasteiger partial charge on any atom is -0.310 e. The normalized spacial score (nSPS) is 23.6. The molecule has 1 heterocycles. The van der Waals surface area contributed by atoms with Gasteiger partial charge in [0.25, 0.3) is 5.91 Å². The Bertz CT molecular complexity index is 238. The van der Waals surface area contributed by atoms with E-state index in [1.807, 2.05) is 20.8 Å². The van der Waals surface area contributed by atoms with E-state index in [1.54, 1.807) is 11.8 Å². The smallest absolute Gasteiger partial charge is 0.310 e. The van der Waals surface area contributed by atoms with Crippen molar-refractivity contribution in [1.82, 2.24) is 9.80 Å². The quantitative estimate of drug-likeness (QED) is 0.602. The first-order valence-electron chi connectivity index (χ1n) is 4.64. The number of hydrogen-bond acceptors (Lipinski definition) is 2. The Morgan fingerprint density at radius 1 is 1.38 bits per heavy atom. The average Bonchev–Trinajstić information content (AvgIpc) is 2.24. The largest absolute Gasteiger partial charge is 0.327 e. The Balaban J connectivity index is 2.91. The summed E-state index contributed by atoms with van der Waals surface area (Å²) in [5, 5.41) is 0. The highest BCUT2D eigenvalue weighted by Crippen LogP contribution is 2.19. The molecule has 0 bridgehead atoms. The van der Waals surface area contributed by atoms with Crippen molar-refractivity contribution in [2.45, 2.75) is 39.8 Å². The zero-order chi connectivity index (χ0) is 10.2. The predicted octanol–water partition coefficient (Wildman–Crippen LogP) is 1.07. The minimum absolute atomic E-state index is 0.0822. The van der Waals surface area contributed by atoms with Gasteiger partial charge >= 0.3 is 6.03 Å². The Morgan fingerprint density at radius 2 is 1.92 bits per heavy atom. The number of urea groups is 1. The summed E-state index contributed by atoms with van der Waals surface area (Å²) >= 11 is 0. The molecule has 74 valence electrons. The van der Waals surface area contributed by atoms with Crippen LogP contribution in [0.5, 0.6) is 0 Å². The lowest BCUT2D eigenvalue weighted by Gasteiger charge is -2.23. The van der Waals surface area contributed by atoms with Gasteiger partial charge < -0.3 is 4.90 Å². The Kier molecular flexibility index (Phi) is 2.59. The molecule has 0 aliphatic carbocycles. The number of likely N-dealkylation sites (N-methyl/N-ethyl adjacent to an activating group) is 1. The van der Waals surface area contributed by atoms with Crippen LogP contribution in [0, 0.1) is 0 Å². The zero-order valence-electron chi connectivity index (χ0n) is 8.57. The van der Waals surface area contributed by atoms with E-state index < -0.39 is 0 Å². The van der Waals surface area contributed by atoms with Crippen molar-refractivity contribution in [2.24, 2.45) is 0 Å². The second-order valence-corrected chi connectivity index (χ2v) is 3.54. The van der Waals surface area contributed by atoms with Gasteiger partial charge in [0.15, 0.2) is 0 Å². The number of nitrogens with zero attached hydrogens (tertiary/aromatic N) is 2. The van der Waals surface area contributed by atoms with Crippen LogP contribution >= 0.6 is 0 Å². The molecule has 0 N–H and O–H groups in total. The van der Waals surface area contributed by atoms with Gasteiger partial charge in [-0.1, -0.05) is 0 Å². The van der Waals surface area contributed by atoms with Gasteiger partial charge in [-0.2, -0.15) is 0 Å². The molecule has 0 aromatic carbocycles. The Morgan fingerprint density at radius 3 is 2.15 bits per heavy atom. The van der Waals surface area contributed by atoms with Crippen LogP contribution < -0.4 is 0 Å². The highest BCUT2D eigenvalue weighted by atomic mass is 16.2. The van der Waals surface area contributed by atoms with Crippen LogP contribution in [-0.2, 0) is 4.79 Å². The first-order chi connectivity index (χ1) is 6.00. The molecule has 0 unspecified atom stereocenters. The van der Waals surface area contributed by atoms with Gasteiger partial charge in [-0.15, -0.1) is 0 Å². The zero-order valence-corrected chi connectivity index (χ0v) is 8.57. The number of carbonyl (C=O) groups is 2. The van der Waals surface area contributed by atoms with Crippen molar-refractivity contribution in [2.75, 3.05) is 6.54 Å². The van der Waals surface area contributed by atoms with Crippen LogP contribution in [0.1, 0.15) is 27.7 Å². The lowest BCUT2D eigenvalue weighted by Crippen LogP contribution is -2.39. The third kappa shape index (κ3) is 1.41. The van der Waals surface area contributed by atoms with Crippen molar-refractivity contribution < 1.29 is 9.59 Å². The summed E-state index contributed by atoms with van der Waals surface area (Å²) in [6.07, 6.45) is 0. The van der Waals surface area contributed by atoms with Crippen LogP contribution in [0.15, 0.2) is 0 Å². The van der Waals surface area contributed by atoms with Crippen LogP contribution in [0.2, 0.25) is 0 Å². The van der Waals surface area contributed by atoms with Gasteiger partial charge in [-0.05, 0) is 27.7 Å². The van der Waals surface area contributed by atoms with Crippen LogP contribution in [0.25, 0.3) is 0 Å². The lowest BCUT2D eigenvalue weighted by molar-refractivity contribution is -0.127. The molecule has 1 saturated heterocycles. The molecule has 1 aliphatic heterocycles. The summed E-state index contributed by atoms with van der Waals surface area (Å²) in [4.78, 5) is 26.1. The second kappa shape index (κ2) is 3.36. The van der Waals surface area contributed by atoms with Crippen molar-refractivity contribution in [3.8, 4) is 0 Å². The van der Waals surface area contributed by atoms with Gasteiger partial charge in [0.2, 0.25) is 0 Å². The van der Waals surface area contributed by atoms with Crippen molar-refractivity contribution >= 4 is 11.9 Å². The molecule has 4 heteroatoms. The number of amides is 3. The molecule has 0 aromatic heterocycles. The molecule has 1 atom stereocenters. The van der Waals surface area contributed by atoms with Gasteiger partial charge in [0.1, 0.15) is 6.04 Å². The lowest BCUT2D eigenvalue weighted by atomic mass is 10.2. The molecule has 1 rings (SSSR count). The number of hydrogen-bond donors (Lipinski definition) is 0. The Labute approximate surface area is 78.5 Å². The molecule has 0 aromatic rings. The highest BCUT2D eigenvalue weighted by Gasteiger charge is 2.42. The molecular weight excluding hydrogens is 168 g/mol. The van der Waals surface area contributed by atoms with E-state index in [1.165, 1.54) is 4.90 Å². The van der Waals surface area contributed by atoms with E-state index in [2.05, 4.69) is 0 Å². The van der Waals surface area contributed by atoms with Crippen molar-refractivity contribution in [1.29, 1.82) is 0 Å². The van der Waals surface area contributed by atoms with Crippen LogP contribution in [-0.4, -0.2) is 40.4 Å². The fourth-order valence-electron chi connectivity index (χ4n) is 1.70. The fraction of sp³-hybridized carbons (Fsp3) is 0.778. The van der Waals surface area contributed by atoms with E-state index in [-0.39, 0.29) is 24.0 Å². The first kappa shape index (κ1) is 10.0. The monoisotopic (exact) mass is 184 g/mol. The van der Waals surface area contributed by atoms with E-state index in [4.69, 9.17) is 0 Å². The number of carbonyl (C=O) groups excluding carboxylic acids is 2. The Hall–Kier alpha value is -1.06. The van der Waals surface area contributed by atoms with Gasteiger partial charge in [-0.25, -0.2) is 4.79 Å². The molecule has 1 aliphatic rings. The van der Waals surface area contributed by atoms with Gasteiger partial charge in [-0.3, -0.25) is 9.69 Å². The standard InChI is InChI=1S/C9H16N2O2/c1-5-10-8(12)7(4)11(6(2)3)9(10)13/h6-7H,5H2,1-4H3/t7-/m1/s1. The molecule has 3 amide bonds. The maximum atomic E-state index is 11.6. The van der Waals surface area contributed by atoms with Crippen LogP contribution in [0.4, 0.5) is 4.79 Å². The molecule has 13 heavy (non-hydrogen) atoms. The average molecular weight is 184 g/mol. The summed E-state index contributed by atoms with van der Waals surface area (Å²) < 4.78 is 0. The fourth-order valence-corrected chi connectivity index (χ4v) is 1.70. The highest BCUT2D eigenvalue weighted by molar-refractivity contribution is 6.04. The number of rotatable bonds is 2. The topological polar surface area (TPSA) is 40.6 Å². The maximum Gasteiger partial charge on any atom is 0.327 e. The number of imide groups is 1. The third-order valence-electron chi connectivity index (χ3n) is 2.37. The molecular formula is C9H16N2O2. The van der Waals surface area contributed by atoms with E-state index in [9.17, 15) is 9.59 Å². The molecule has 0 radical (unpaired) electrons. The maximum absolute atomic E-state index is 11.6.